The van der Waals surface area contributed by atoms with Crippen LogP contribution in [0.1, 0.15) is 61.1 Å². The van der Waals surface area contributed by atoms with Gasteiger partial charge in [0.2, 0.25) is 0 Å². The maximum Gasteiger partial charge on any atom is 0.257 e. The number of likely N-dealkylation sites (tertiary alicyclic amines) is 1. The normalized spacial score (nSPS) is 30.4. The average molecular weight is 291 g/mol. The molecule has 21 heavy (non-hydrogen) atoms. The predicted octanol–water partition coefficient (Wildman–Crippen LogP) is 3.13. The first kappa shape index (κ1) is 14.6. The molecule has 1 N–H and O–H groups in total. The Hall–Kier alpha value is -1.29. The number of furan rings is 1. The second kappa shape index (κ2) is 6.22. The van der Waals surface area contributed by atoms with Crippen LogP contribution in [0.2, 0.25) is 0 Å². The highest BCUT2D eigenvalue weighted by atomic mass is 16.3. The van der Waals surface area contributed by atoms with Gasteiger partial charge >= 0.3 is 0 Å². The molecule has 1 aliphatic carbocycles. The lowest BCUT2D eigenvalue weighted by atomic mass is 9.78. The molecule has 3 atom stereocenters. The third-order valence-electron chi connectivity index (χ3n) is 5.18. The summed E-state index contributed by atoms with van der Waals surface area (Å²) in [5.74, 6) is 1.01. The maximum atomic E-state index is 12.8. The molecule has 0 spiro atoms. The number of rotatable bonds is 2. The second-order valence-corrected chi connectivity index (χ2v) is 6.47. The Morgan fingerprint density at radius 2 is 2.00 bits per heavy atom. The fraction of sp³-hybridized carbons (Fsp3) is 0.706. The van der Waals surface area contributed by atoms with Crippen LogP contribution in [-0.2, 0) is 0 Å². The molecule has 1 aliphatic heterocycles. The van der Waals surface area contributed by atoms with Crippen molar-refractivity contribution in [3.63, 3.8) is 0 Å². The van der Waals surface area contributed by atoms with Gasteiger partial charge in [-0.15, -0.1) is 0 Å². The SMILES string of the molecule is Cc1occc1C(=O)N1CCCCC1C1CCCCC1O. The Kier molecular flexibility index (Phi) is 4.34. The van der Waals surface area contributed by atoms with Crippen LogP contribution in [0.15, 0.2) is 16.7 Å². The third-order valence-corrected chi connectivity index (χ3v) is 5.18. The minimum absolute atomic E-state index is 0.0729. The monoisotopic (exact) mass is 291 g/mol. The van der Waals surface area contributed by atoms with Gasteiger partial charge in [0, 0.05) is 18.5 Å². The van der Waals surface area contributed by atoms with Crippen LogP contribution in [0.5, 0.6) is 0 Å². The summed E-state index contributed by atoms with van der Waals surface area (Å²) in [6, 6.07) is 1.96. The van der Waals surface area contributed by atoms with Crippen molar-refractivity contribution in [1.82, 2.24) is 4.90 Å². The third kappa shape index (κ3) is 2.86. The van der Waals surface area contributed by atoms with Gasteiger partial charge in [-0.3, -0.25) is 4.79 Å². The Morgan fingerprint density at radius 1 is 1.24 bits per heavy atom. The highest BCUT2D eigenvalue weighted by Gasteiger charge is 2.38. The molecule has 1 aromatic heterocycles. The fourth-order valence-electron chi connectivity index (χ4n) is 4.00. The molecule has 0 bridgehead atoms. The van der Waals surface area contributed by atoms with Crippen molar-refractivity contribution >= 4 is 5.91 Å². The minimum atomic E-state index is -0.248. The van der Waals surface area contributed by atoms with Crippen molar-refractivity contribution in [3.8, 4) is 0 Å². The molecule has 2 aliphatic rings. The zero-order valence-electron chi connectivity index (χ0n) is 12.8. The topological polar surface area (TPSA) is 53.7 Å². The van der Waals surface area contributed by atoms with Crippen LogP contribution in [0.25, 0.3) is 0 Å². The van der Waals surface area contributed by atoms with Gasteiger partial charge in [0.25, 0.3) is 5.91 Å². The van der Waals surface area contributed by atoms with E-state index in [1.807, 2.05) is 11.8 Å². The lowest BCUT2D eigenvalue weighted by molar-refractivity contribution is -0.00133. The van der Waals surface area contributed by atoms with Gasteiger partial charge < -0.3 is 14.4 Å². The zero-order valence-corrected chi connectivity index (χ0v) is 12.8. The number of aliphatic hydroxyl groups is 1. The van der Waals surface area contributed by atoms with E-state index in [1.54, 1.807) is 12.3 Å². The van der Waals surface area contributed by atoms with E-state index >= 15 is 0 Å². The Bertz CT molecular complexity index is 496. The summed E-state index contributed by atoms with van der Waals surface area (Å²) in [5.41, 5.74) is 0.673. The molecule has 116 valence electrons. The van der Waals surface area contributed by atoms with E-state index in [0.29, 0.717) is 11.3 Å². The lowest BCUT2D eigenvalue weighted by Gasteiger charge is -2.43. The van der Waals surface area contributed by atoms with Crippen LogP contribution < -0.4 is 0 Å². The summed E-state index contributed by atoms with van der Waals surface area (Å²) in [5, 5.41) is 10.3. The Balaban J connectivity index is 1.81. The number of piperidine rings is 1. The molecular weight excluding hydrogens is 266 g/mol. The standard InChI is InChI=1S/C17H25NO3/c1-12-13(9-11-21-12)17(20)18-10-5-4-7-15(18)14-6-2-3-8-16(14)19/h9,11,14-16,19H,2-8,10H2,1H3. The van der Waals surface area contributed by atoms with Crippen LogP contribution in [0.4, 0.5) is 0 Å². The number of amides is 1. The Morgan fingerprint density at radius 3 is 2.71 bits per heavy atom. The van der Waals surface area contributed by atoms with Crippen molar-refractivity contribution in [2.75, 3.05) is 6.54 Å². The molecule has 3 unspecified atom stereocenters. The molecule has 1 saturated carbocycles. The smallest absolute Gasteiger partial charge is 0.257 e. The van der Waals surface area contributed by atoms with E-state index in [2.05, 4.69) is 0 Å². The van der Waals surface area contributed by atoms with Gasteiger partial charge in [0.05, 0.1) is 17.9 Å². The molecule has 1 saturated heterocycles. The number of aliphatic hydroxyl groups excluding tert-OH is 1. The number of nitrogens with zero attached hydrogens (tertiary/aromatic N) is 1. The van der Waals surface area contributed by atoms with Crippen molar-refractivity contribution < 1.29 is 14.3 Å². The summed E-state index contributed by atoms with van der Waals surface area (Å²) in [7, 11) is 0. The largest absolute Gasteiger partial charge is 0.469 e. The quantitative estimate of drug-likeness (QED) is 0.910. The first-order chi connectivity index (χ1) is 10.2. The van der Waals surface area contributed by atoms with Crippen molar-refractivity contribution in [2.24, 2.45) is 5.92 Å². The molecule has 4 nitrogen and oxygen atoms in total. The fourth-order valence-corrected chi connectivity index (χ4v) is 4.00. The minimum Gasteiger partial charge on any atom is -0.469 e. The number of aryl methyl sites for hydroxylation is 1. The number of carbonyl (C=O) groups is 1. The van der Waals surface area contributed by atoms with Crippen LogP contribution >= 0.6 is 0 Å². The van der Waals surface area contributed by atoms with Crippen molar-refractivity contribution in [3.05, 3.63) is 23.7 Å². The summed E-state index contributed by atoms with van der Waals surface area (Å²) >= 11 is 0. The molecular formula is C17H25NO3. The summed E-state index contributed by atoms with van der Waals surface area (Å²) in [4.78, 5) is 14.8. The van der Waals surface area contributed by atoms with E-state index in [1.165, 1.54) is 6.42 Å². The maximum absolute atomic E-state index is 12.8. The molecule has 4 heteroatoms. The van der Waals surface area contributed by atoms with Gasteiger partial charge in [-0.2, -0.15) is 0 Å². The average Bonchev–Trinajstić information content (AvgIpc) is 2.93. The lowest BCUT2D eigenvalue weighted by Crippen LogP contribution is -2.51. The van der Waals surface area contributed by atoms with Gasteiger partial charge in [0.1, 0.15) is 5.76 Å². The number of hydrogen-bond acceptors (Lipinski definition) is 3. The van der Waals surface area contributed by atoms with Gasteiger partial charge in [-0.25, -0.2) is 0 Å². The molecule has 2 fully saturated rings. The van der Waals surface area contributed by atoms with Gasteiger partial charge in [-0.1, -0.05) is 12.8 Å². The zero-order chi connectivity index (χ0) is 14.8. The van der Waals surface area contributed by atoms with Crippen LogP contribution in [0.3, 0.4) is 0 Å². The van der Waals surface area contributed by atoms with Gasteiger partial charge in [-0.05, 0) is 45.1 Å². The molecule has 1 aromatic rings. The summed E-state index contributed by atoms with van der Waals surface area (Å²) < 4.78 is 5.28. The van der Waals surface area contributed by atoms with E-state index in [0.717, 1.165) is 45.1 Å². The second-order valence-electron chi connectivity index (χ2n) is 6.47. The number of hydrogen-bond donors (Lipinski definition) is 1. The van der Waals surface area contributed by atoms with Crippen molar-refractivity contribution in [2.45, 2.75) is 64.0 Å². The molecule has 1 amide bonds. The Labute approximate surface area is 126 Å². The first-order valence-corrected chi connectivity index (χ1v) is 8.21. The van der Waals surface area contributed by atoms with Crippen LogP contribution in [-0.4, -0.2) is 34.6 Å². The predicted molar refractivity (Wildman–Crippen MR) is 80.1 cm³/mol. The molecule has 0 radical (unpaired) electrons. The van der Waals surface area contributed by atoms with Crippen molar-refractivity contribution in [1.29, 1.82) is 0 Å². The molecule has 3 rings (SSSR count). The van der Waals surface area contributed by atoms with Crippen LogP contribution in [0, 0.1) is 12.8 Å². The van der Waals surface area contributed by atoms with Gasteiger partial charge in [0.15, 0.2) is 0 Å². The van der Waals surface area contributed by atoms with E-state index in [9.17, 15) is 9.90 Å². The molecule has 2 heterocycles. The van der Waals surface area contributed by atoms with E-state index in [4.69, 9.17) is 4.42 Å². The molecule has 0 aromatic carbocycles. The first-order valence-electron chi connectivity index (χ1n) is 8.21. The highest BCUT2D eigenvalue weighted by Crippen LogP contribution is 2.35. The summed E-state index contributed by atoms with van der Waals surface area (Å²) in [6.07, 6.45) is 8.77. The van der Waals surface area contributed by atoms with E-state index in [-0.39, 0.29) is 24.0 Å². The highest BCUT2D eigenvalue weighted by molar-refractivity contribution is 5.95. The summed E-state index contributed by atoms with van der Waals surface area (Å²) in [6.45, 7) is 2.64. The van der Waals surface area contributed by atoms with E-state index < -0.39 is 0 Å². The number of carbonyl (C=O) groups excluding carboxylic acids is 1.